The third-order valence-corrected chi connectivity index (χ3v) is 3.96. The van der Waals surface area contributed by atoms with Gasteiger partial charge in [0.05, 0.1) is 38.0 Å². The van der Waals surface area contributed by atoms with Gasteiger partial charge in [-0.1, -0.05) is 17.5 Å². The van der Waals surface area contributed by atoms with Gasteiger partial charge in [0.2, 0.25) is 0 Å². The largest absolute Gasteiger partial charge is 0.493 e. The van der Waals surface area contributed by atoms with Gasteiger partial charge in [0.15, 0.2) is 23.0 Å². The summed E-state index contributed by atoms with van der Waals surface area (Å²) in [7, 11) is 4.59. The van der Waals surface area contributed by atoms with Gasteiger partial charge in [0.25, 0.3) is 0 Å². The molecular weight excluding hydrogens is 366 g/mol. The number of methoxy groups -OCH3 is 3. The molecule has 0 radical (unpaired) electrons. The number of halogens is 1. The van der Waals surface area contributed by atoms with Crippen molar-refractivity contribution in [2.75, 3.05) is 27.9 Å². The molecule has 0 bridgehead atoms. The third kappa shape index (κ3) is 4.67. The second kappa shape index (κ2) is 9.43. The molecule has 0 aliphatic heterocycles. The lowest BCUT2D eigenvalue weighted by Gasteiger charge is -2.12. The van der Waals surface area contributed by atoms with Crippen molar-refractivity contribution in [3.8, 4) is 41.4 Å². The molecule has 0 spiro atoms. The molecule has 0 aliphatic carbocycles. The molecule has 138 valence electrons. The Morgan fingerprint density at radius 3 is 2.37 bits per heavy atom. The van der Waals surface area contributed by atoms with Crippen LogP contribution in [-0.4, -0.2) is 27.9 Å². The van der Waals surface area contributed by atoms with Crippen LogP contribution in [0.2, 0.25) is 5.02 Å². The lowest BCUT2D eigenvalue weighted by Crippen LogP contribution is -1.98. The first-order chi connectivity index (χ1) is 13.1. The highest BCUT2D eigenvalue weighted by Crippen LogP contribution is 2.38. The average molecular weight is 384 g/mol. The van der Waals surface area contributed by atoms with Crippen LogP contribution in [0.5, 0.6) is 23.0 Å². The highest BCUT2D eigenvalue weighted by atomic mass is 35.5. The second-order valence-electron chi connectivity index (χ2n) is 5.27. The highest BCUT2D eigenvalue weighted by Gasteiger charge is 2.13. The van der Waals surface area contributed by atoms with E-state index < -0.39 is 0 Å². The molecule has 0 N–H and O–H groups in total. The Labute approximate surface area is 163 Å². The molecule has 0 saturated carbocycles. The molecule has 0 atom stereocenters. The second-order valence-corrected chi connectivity index (χ2v) is 5.67. The first-order valence-electron chi connectivity index (χ1n) is 7.85. The van der Waals surface area contributed by atoms with Gasteiger partial charge in [-0.15, -0.1) is 6.42 Å². The summed E-state index contributed by atoms with van der Waals surface area (Å²) in [4.78, 5) is 0. The summed E-state index contributed by atoms with van der Waals surface area (Å²) in [5.41, 5.74) is 1.78. The molecule has 6 heteroatoms. The predicted octanol–water partition coefficient (Wildman–Crippen LogP) is 4.44. The van der Waals surface area contributed by atoms with Crippen LogP contribution < -0.4 is 18.9 Å². The molecule has 0 unspecified atom stereocenters. The molecular formula is C21H18ClNO4. The van der Waals surface area contributed by atoms with Crippen molar-refractivity contribution in [2.24, 2.45) is 0 Å². The normalized spacial score (nSPS) is 10.5. The summed E-state index contributed by atoms with van der Waals surface area (Å²) in [6, 6.07) is 10.8. The van der Waals surface area contributed by atoms with Crippen molar-refractivity contribution in [3.05, 3.63) is 46.5 Å². The van der Waals surface area contributed by atoms with Crippen LogP contribution >= 0.6 is 11.6 Å². The molecule has 0 aromatic heterocycles. The van der Waals surface area contributed by atoms with Crippen LogP contribution in [0.25, 0.3) is 11.6 Å². The van der Waals surface area contributed by atoms with Crippen molar-refractivity contribution in [1.29, 1.82) is 5.26 Å². The summed E-state index contributed by atoms with van der Waals surface area (Å²) >= 11 is 6.29. The number of terminal acetylenes is 1. The Bertz CT molecular complexity index is 938. The maximum Gasteiger partial charge on any atom is 0.181 e. The maximum absolute atomic E-state index is 9.60. The van der Waals surface area contributed by atoms with Gasteiger partial charge in [-0.05, 0) is 47.5 Å². The van der Waals surface area contributed by atoms with E-state index in [9.17, 15) is 5.26 Å². The number of rotatable bonds is 7. The van der Waals surface area contributed by atoms with Crippen LogP contribution in [0.15, 0.2) is 30.3 Å². The number of nitrogens with zero attached hydrogens (tertiary/aromatic N) is 1. The Morgan fingerprint density at radius 2 is 1.78 bits per heavy atom. The standard InChI is InChI=1S/C21H18ClNO4/c1-5-8-27-21-17(22)10-14(11-20(21)26-4)9-16(13-23)15-6-7-18(24-2)19(12-15)25-3/h1,6-7,9-12H,8H2,2-4H3/b16-9+. The van der Waals surface area contributed by atoms with E-state index in [0.29, 0.717) is 44.7 Å². The van der Waals surface area contributed by atoms with Gasteiger partial charge in [-0.25, -0.2) is 0 Å². The van der Waals surface area contributed by atoms with Crippen molar-refractivity contribution < 1.29 is 18.9 Å². The number of hydrogen-bond acceptors (Lipinski definition) is 5. The van der Waals surface area contributed by atoms with Gasteiger partial charge in [0, 0.05) is 0 Å². The zero-order valence-electron chi connectivity index (χ0n) is 15.2. The van der Waals surface area contributed by atoms with E-state index in [0.717, 1.165) is 0 Å². The van der Waals surface area contributed by atoms with Crippen LogP contribution in [0, 0.1) is 23.7 Å². The van der Waals surface area contributed by atoms with E-state index in [1.807, 2.05) is 0 Å². The monoisotopic (exact) mass is 383 g/mol. The number of allylic oxidation sites excluding steroid dienone is 1. The summed E-state index contributed by atoms with van der Waals surface area (Å²) in [6.45, 7) is 0.0698. The molecule has 27 heavy (non-hydrogen) atoms. The zero-order chi connectivity index (χ0) is 19.8. The first kappa shape index (κ1) is 20.0. The van der Waals surface area contributed by atoms with E-state index in [1.165, 1.54) is 14.2 Å². The fraction of sp³-hybridized carbons (Fsp3) is 0.190. The van der Waals surface area contributed by atoms with E-state index in [1.54, 1.807) is 43.5 Å². The number of nitriles is 1. The summed E-state index contributed by atoms with van der Waals surface area (Å²) < 4.78 is 21.3. The van der Waals surface area contributed by atoms with E-state index in [2.05, 4.69) is 12.0 Å². The van der Waals surface area contributed by atoms with Crippen LogP contribution in [0.3, 0.4) is 0 Å². The van der Waals surface area contributed by atoms with Crippen molar-refractivity contribution in [1.82, 2.24) is 0 Å². The quantitative estimate of drug-likeness (QED) is 0.402. The zero-order valence-corrected chi connectivity index (χ0v) is 16.0. The fourth-order valence-electron chi connectivity index (χ4n) is 2.43. The van der Waals surface area contributed by atoms with E-state index in [4.69, 9.17) is 37.0 Å². The molecule has 0 aliphatic rings. The number of ether oxygens (including phenoxy) is 4. The molecule has 0 fully saturated rings. The van der Waals surface area contributed by atoms with Crippen molar-refractivity contribution in [2.45, 2.75) is 0 Å². The topological polar surface area (TPSA) is 60.7 Å². The Balaban J connectivity index is 2.48. The fourth-order valence-corrected chi connectivity index (χ4v) is 2.70. The molecule has 5 nitrogen and oxygen atoms in total. The summed E-state index contributed by atoms with van der Waals surface area (Å²) in [5, 5.41) is 9.93. The third-order valence-electron chi connectivity index (χ3n) is 3.68. The summed E-state index contributed by atoms with van der Waals surface area (Å²) in [6.07, 6.45) is 6.91. The minimum atomic E-state index is 0.0698. The van der Waals surface area contributed by atoms with Gasteiger partial charge in [-0.2, -0.15) is 5.26 Å². The Morgan fingerprint density at radius 1 is 1.07 bits per heavy atom. The predicted molar refractivity (Wildman–Crippen MR) is 105 cm³/mol. The van der Waals surface area contributed by atoms with Gasteiger partial charge in [-0.3, -0.25) is 0 Å². The molecule has 0 amide bonds. The molecule has 0 saturated heterocycles. The Hall–Kier alpha value is -3.28. The maximum atomic E-state index is 9.60. The number of hydrogen-bond donors (Lipinski definition) is 0. The van der Waals surface area contributed by atoms with Crippen LogP contribution in [0.1, 0.15) is 11.1 Å². The minimum absolute atomic E-state index is 0.0698. The molecule has 2 aromatic carbocycles. The molecule has 2 aromatic rings. The van der Waals surface area contributed by atoms with Gasteiger partial charge >= 0.3 is 0 Å². The average Bonchev–Trinajstić information content (AvgIpc) is 2.70. The lowest BCUT2D eigenvalue weighted by atomic mass is 10.0. The van der Waals surface area contributed by atoms with Crippen LogP contribution in [0.4, 0.5) is 0 Å². The smallest absolute Gasteiger partial charge is 0.181 e. The van der Waals surface area contributed by atoms with E-state index >= 15 is 0 Å². The SMILES string of the molecule is C#CCOc1c(Cl)cc(/C=C(\C#N)c2ccc(OC)c(OC)c2)cc1OC. The molecule has 2 rings (SSSR count). The number of benzene rings is 2. The van der Waals surface area contributed by atoms with Gasteiger partial charge < -0.3 is 18.9 Å². The highest BCUT2D eigenvalue weighted by molar-refractivity contribution is 6.32. The first-order valence-corrected chi connectivity index (χ1v) is 8.23. The van der Waals surface area contributed by atoms with Crippen molar-refractivity contribution >= 4 is 23.3 Å². The minimum Gasteiger partial charge on any atom is -0.493 e. The van der Waals surface area contributed by atoms with E-state index in [-0.39, 0.29) is 6.61 Å². The lowest BCUT2D eigenvalue weighted by molar-refractivity contribution is 0.331. The molecule has 0 heterocycles. The Kier molecular flexibility index (Phi) is 7.00. The van der Waals surface area contributed by atoms with Crippen LogP contribution in [-0.2, 0) is 0 Å². The van der Waals surface area contributed by atoms with Crippen molar-refractivity contribution in [3.63, 3.8) is 0 Å². The van der Waals surface area contributed by atoms with Gasteiger partial charge in [0.1, 0.15) is 6.61 Å². The summed E-state index contributed by atoms with van der Waals surface area (Å²) in [5.74, 6) is 4.28.